The Morgan fingerprint density at radius 1 is 1.22 bits per heavy atom. The lowest BCUT2D eigenvalue weighted by Gasteiger charge is -2.55. The zero-order chi connectivity index (χ0) is 18.6. The summed E-state index contributed by atoms with van der Waals surface area (Å²) in [5.74, 6) is -1.54. The molecule has 5 heterocycles. The van der Waals surface area contributed by atoms with Crippen molar-refractivity contribution in [3.8, 4) is 11.3 Å². The molecule has 3 aliphatic heterocycles. The highest BCUT2D eigenvalue weighted by atomic mass is 19.3. The first-order valence-corrected chi connectivity index (χ1v) is 8.96. The van der Waals surface area contributed by atoms with E-state index in [9.17, 15) is 8.78 Å². The monoisotopic (exact) mass is 375 g/mol. The van der Waals surface area contributed by atoms with Crippen molar-refractivity contribution in [3.05, 3.63) is 18.5 Å². The molecule has 3 aliphatic rings. The number of morpholine rings is 1. The first-order valence-electron chi connectivity index (χ1n) is 8.96. The third kappa shape index (κ3) is 2.93. The minimum absolute atomic E-state index is 0.102. The minimum atomic E-state index is -2.73. The Hall–Kier alpha value is -2.62. The van der Waals surface area contributed by atoms with Crippen LogP contribution in [0.5, 0.6) is 0 Å². The van der Waals surface area contributed by atoms with Crippen LogP contribution in [0.2, 0.25) is 0 Å². The summed E-state index contributed by atoms with van der Waals surface area (Å²) >= 11 is 0. The largest absolute Gasteiger partial charge is 0.372 e. The van der Waals surface area contributed by atoms with Crippen LogP contribution in [0, 0.1) is 0 Å². The molecule has 3 saturated heterocycles. The lowest BCUT2D eigenvalue weighted by Crippen LogP contribution is -2.71. The number of halogens is 2. The summed E-state index contributed by atoms with van der Waals surface area (Å²) in [6.45, 7) is 1.54. The Kier molecular flexibility index (Phi) is 3.64. The maximum absolute atomic E-state index is 13.9. The molecule has 1 unspecified atom stereocenters. The second-order valence-electron chi connectivity index (χ2n) is 7.21. The Morgan fingerprint density at radius 3 is 2.67 bits per heavy atom. The molecule has 2 N–H and O–H groups in total. The highest BCUT2D eigenvalue weighted by Gasteiger charge is 2.48. The molecule has 27 heavy (non-hydrogen) atoms. The number of hydrogen-bond donors (Lipinski definition) is 1. The van der Waals surface area contributed by atoms with Crippen LogP contribution in [0.3, 0.4) is 0 Å². The molecule has 0 aromatic carbocycles. The van der Waals surface area contributed by atoms with Crippen LogP contribution in [-0.4, -0.2) is 64.2 Å². The van der Waals surface area contributed by atoms with Crippen molar-refractivity contribution in [3.63, 3.8) is 0 Å². The average Bonchev–Trinajstić information content (AvgIpc) is 2.63. The normalized spacial score (nSPS) is 26.1. The van der Waals surface area contributed by atoms with Gasteiger partial charge < -0.3 is 20.3 Å². The van der Waals surface area contributed by atoms with Crippen molar-refractivity contribution in [2.75, 3.05) is 41.8 Å². The molecule has 2 atom stereocenters. The number of fused-ring (bicyclic) bond motifs is 1. The number of anilines is 3. The Labute approximate surface area is 154 Å². The molecule has 0 bridgehead atoms. The summed E-state index contributed by atoms with van der Waals surface area (Å²) in [6.07, 6.45) is 3.70. The third-order valence-corrected chi connectivity index (χ3v) is 5.33. The number of alkyl halides is 2. The Bertz CT molecular complexity index is 863. The second kappa shape index (κ2) is 5.95. The maximum atomic E-state index is 13.9. The average molecular weight is 375 g/mol. The molecule has 142 valence electrons. The first-order chi connectivity index (χ1) is 13.0. The number of rotatable bonds is 3. The SMILES string of the molecule is Nc1ncc(-c2cc(N3CC4OC[C@H]43)nc(N3CCCC(F)(F)C3)n2)cn1. The number of nitrogen functional groups attached to an aromatic ring is 1. The molecule has 5 rings (SSSR count). The molecule has 0 aliphatic carbocycles. The fourth-order valence-electron chi connectivity index (χ4n) is 3.70. The van der Waals surface area contributed by atoms with Gasteiger partial charge >= 0.3 is 0 Å². The molecule has 3 fully saturated rings. The van der Waals surface area contributed by atoms with Gasteiger partial charge in [0.25, 0.3) is 5.92 Å². The molecule has 0 saturated carbocycles. The smallest absolute Gasteiger partial charge is 0.265 e. The van der Waals surface area contributed by atoms with E-state index in [-0.39, 0.29) is 25.0 Å². The van der Waals surface area contributed by atoms with Gasteiger partial charge in [0.2, 0.25) is 11.9 Å². The second-order valence-corrected chi connectivity index (χ2v) is 7.21. The van der Waals surface area contributed by atoms with Crippen LogP contribution in [0.1, 0.15) is 12.8 Å². The molecule has 0 radical (unpaired) electrons. The number of hydrogen-bond acceptors (Lipinski definition) is 8. The zero-order valence-electron chi connectivity index (χ0n) is 14.6. The predicted molar refractivity (Wildman–Crippen MR) is 94.7 cm³/mol. The van der Waals surface area contributed by atoms with Gasteiger partial charge in [0.1, 0.15) is 5.82 Å². The van der Waals surface area contributed by atoms with Crippen molar-refractivity contribution in [2.24, 2.45) is 0 Å². The van der Waals surface area contributed by atoms with Crippen LogP contribution < -0.4 is 15.5 Å². The van der Waals surface area contributed by atoms with Crippen molar-refractivity contribution < 1.29 is 13.5 Å². The van der Waals surface area contributed by atoms with Crippen LogP contribution in [0.25, 0.3) is 11.3 Å². The molecule has 10 heteroatoms. The van der Waals surface area contributed by atoms with Gasteiger partial charge in [-0.15, -0.1) is 0 Å². The highest BCUT2D eigenvalue weighted by Crippen LogP contribution is 2.37. The topological polar surface area (TPSA) is 93.3 Å². The molecular weight excluding hydrogens is 356 g/mol. The van der Waals surface area contributed by atoms with Crippen molar-refractivity contribution in [1.29, 1.82) is 0 Å². The summed E-state index contributed by atoms with van der Waals surface area (Å²) in [5.41, 5.74) is 6.82. The van der Waals surface area contributed by atoms with E-state index in [4.69, 9.17) is 10.5 Å². The quantitative estimate of drug-likeness (QED) is 0.859. The molecule has 0 spiro atoms. The van der Waals surface area contributed by atoms with Crippen molar-refractivity contribution in [1.82, 2.24) is 19.9 Å². The fraction of sp³-hybridized carbons (Fsp3) is 0.529. The van der Waals surface area contributed by atoms with E-state index in [0.717, 1.165) is 6.54 Å². The van der Waals surface area contributed by atoms with E-state index in [1.54, 1.807) is 17.3 Å². The summed E-state index contributed by atoms with van der Waals surface area (Å²) in [6, 6.07) is 2.14. The van der Waals surface area contributed by atoms with E-state index in [1.807, 2.05) is 6.07 Å². The maximum Gasteiger partial charge on any atom is 0.265 e. The molecule has 0 amide bonds. The van der Waals surface area contributed by atoms with Crippen LogP contribution in [-0.2, 0) is 4.74 Å². The number of nitrogens with two attached hydrogens (primary N) is 1. The Balaban J connectivity index is 1.53. The van der Waals surface area contributed by atoms with E-state index < -0.39 is 5.92 Å². The molecular formula is C17H19F2N7O. The van der Waals surface area contributed by atoms with Crippen molar-refractivity contribution in [2.45, 2.75) is 30.9 Å². The lowest BCUT2D eigenvalue weighted by molar-refractivity contribution is -0.113. The lowest BCUT2D eigenvalue weighted by atomic mass is 9.95. The van der Waals surface area contributed by atoms with Gasteiger partial charge in [-0.3, -0.25) is 0 Å². The van der Waals surface area contributed by atoms with E-state index in [0.29, 0.717) is 48.6 Å². The van der Waals surface area contributed by atoms with Gasteiger partial charge in [-0.25, -0.2) is 23.7 Å². The van der Waals surface area contributed by atoms with Crippen LogP contribution >= 0.6 is 0 Å². The van der Waals surface area contributed by atoms with Gasteiger partial charge in [0, 0.05) is 43.5 Å². The highest BCUT2D eigenvalue weighted by molar-refractivity contribution is 5.65. The molecule has 2 aromatic rings. The minimum Gasteiger partial charge on any atom is -0.372 e. The van der Waals surface area contributed by atoms with Gasteiger partial charge in [0.15, 0.2) is 0 Å². The van der Waals surface area contributed by atoms with Gasteiger partial charge in [-0.1, -0.05) is 0 Å². The summed E-state index contributed by atoms with van der Waals surface area (Å²) in [4.78, 5) is 20.8. The molecule has 8 nitrogen and oxygen atoms in total. The Morgan fingerprint density at radius 2 is 2.04 bits per heavy atom. The standard InChI is InChI=1S/C17H19F2N7O/c18-17(19)2-1-3-25(9-17)16-23-11(10-5-21-15(20)22-6-10)4-14(24-16)26-7-13-12(26)8-27-13/h4-6,12-13H,1-3,7-9H2,(H2,20,21,22)/t12-,13?/m1/s1. The predicted octanol–water partition coefficient (Wildman–Crippen LogP) is 1.34. The van der Waals surface area contributed by atoms with Crippen LogP contribution in [0.15, 0.2) is 18.5 Å². The zero-order valence-corrected chi connectivity index (χ0v) is 14.6. The third-order valence-electron chi connectivity index (χ3n) is 5.33. The first kappa shape index (κ1) is 16.5. The van der Waals surface area contributed by atoms with Gasteiger partial charge in [-0.05, 0) is 6.42 Å². The summed E-state index contributed by atoms with van der Waals surface area (Å²) < 4.78 is 33.3. The van der Waals surface area contributed by atoms with E-state index in [1.165, 1.54) is 0 Å². The summed E-state index contributed by atoms with van der Waals surface area (Å²) in [5, 5.41) is 0. The number of piperidine rings is 1. The van der Waals surface area contributed by atoms with E-state index in [2.05, 4.69) is 24.8 Å². The van der Waals surface area contributed by atoms with Crippen LogP contribution in [0.4, 0.5) is 26.5 Å². The van der Waals surface area contributed by atoms with Gasteiger partial charge in [-0.2, -0.15) is 4.98 Å². The number of aromatic nitrogens is 4. The fourth-order valence-corrected chi connectivity index (χ4v) is 3.70. The van der Waals surface area contributed by atoms with Crippen molar-refractivity contribution >= 4 is 17.7 Å². The van der Waals surface area contributed by atoms with Gasteiger partial charge in [0.05, 0.1) is 31.0 Å². The molecule has 2 aromatic heterocycles. The van der Waals surface area contributed by atoms with E-state index >= 15 is 0 Å². The number of nitrogens with zero attached hydrogens (tertiary/aromatic N) is 6. The number of ether oxygens (including phenoxy) is 1. The summed E-state index contributed by atoms with van der Waals surface area (Å²) in [7, 11) is 0.